The number of benzene rings is 3. The number of hydrogen-bond donors (Lipinski definition) is 2. The number of nitrogens with two attached hydrogens (primary N) is 1. The minimum absolute atomic E-state index is 0.0179. The number of likely N-dealkylation sites (tertiary alicyclic amines) is 1. The van der Waals surface area contributed by atoms with Crippen LogP contribution >= 0.6 is 11.6 Å². The zero-order valence-electron chi connectivity index (χ0n) is 20.3. The van der Waals surface area contributed by atoms with E-state index in [1.54, 1.807) is 0 Å². The highest BCUT2D eigenvalue weighted by Crippen LogP contribution is 2.31. The van der Waals surface area contributed by atoms with Crippen molar-refractivity contribution in [2.45, 2.75) is 50.6 Å². The number of piperidine rings is 1. The molecule has 1 saturated carbocycles. The average molecular weight is 507 g/mol. The predicted octanol–water partition coefficient (Wildman–Crippen LogP) is 7.17. The van der Waals surface area contributed by atoms with Gasteiger partial charge in [0.05, 0.1) is 5.02 Å². The van der Waals surface area contributed by atoms with Crippen LogP contribution in [0.3, 0.4) is 0 Å². The van der Waals surface area contributed by atoms with Gasteiger partial charge < -0.3 is 16.0 Å². The van der Waals surface area contributed by atoms with Gasteiger partial charge in [0.25, 0.3) is 0 Å². The smallest absolute Gasteiger partial charge is 0.326 e. The summed E-state index contributed by atoms with van der Waals surface area (Å²) in [5, 5.41) is 2.91. The van der Waals surface area contributed by atoms with Crippen LogP contribution < -0.4 is 16.0 Å². The van der Waals surface area contributed by atoms with E-state index >= 15 is 0 Å². The van der Waals surface area contributed by atoms with Crippen molar-refractivity contribution < 1.29 is 9.18 Å². The summed E-state index contributed by atoms with van der Waals surface area (Å²) in [6, 6.07) is 20.5. The molecule has 2 aliphatic rings. The molecule has 1 aliphatic carbocycles. The Morgan fingerprint density at radius 2 is 1.67 bits per heavy atom. The molecule has 1 saturated heterocycles. The standard InChI is InChI=1S/C29H32ClFN4O/c30-27-19-23(10-13-28(27)31)33-29(36)35(26-14-16-34(17-15-26)24-6-1-2-7-24)25-11-8-20(9-12-25)21-4-3-5-22(32)18-21/h3-5,8-13,18-19,24,26H,1-2,6-7,14-17,32H2,(H,33,36). The number of carbonyl (C=O) groups excluding carboxylic acids is 1. The van der Waals surface area contributed by atoms with Gasteiger partial charge in [0.1, 0.15) is 5.82 Å². The molecule has 5 rings (SSSR count). The van der Waals surface area contributed by atoms with Crippen LogP contribution in [0.4, 0.5) is 26.2 Å². The first-order valence-electron chi connectivity index (χ1n) is 12.7. The second-order valence-corrected chi connectivity index (χ2v) is 10.2. The summed E-state index contributed by atoms with van der Waals surface area (Å²) in [7, 11) is 0. The van der Waals surface area contributed by atoms with Crippen LogP contribution in [0.1, 0.15) is 38.5 Å². The second kappa shape index (κ2) is 10.9. The summed E-state index contributed by atoms with van der Waals surface area (Å²) in [4.78, 5) is 18.0. The zero-order valence-corrected chi connectivity index (χ0v) is 21.1. The monoisotopic (exact) mass is 506 g/mol. The Bertz CT molecular complexity index is 1200. The number of nitrogens with zero attached hydrogens (tertiary/aromatic N) is 2. The van der Waals surface area contributed by atoms with Gasteiger partial charge in [-0.3, -0.25) is 4.90 Å². The molecule has 0 bridgehead atoms. The molecule has 2 fully saturated rings. The maximum atomic E-state index is 13.7. The molecule has 5 nitrogen and oxygen atoms in total. The maximum Gasteiger partial charge on any atom is 0.326 e. The molecule has 0 spiro atoms. The molecule has 0 atom stereocenters. The van der Waals surface area contributed by atoms with Crippen molar-refractivity contribution in [1.29, 1.82) is 0 Å². The van der Waals surface area contributed by atoms with Crippen LogP contribution in [0.15, 0.2) is 66.7 Å². The lowest BCUT2D eigenvalue weighted by Gasteiger charge is -2.40. The highest BCUT2D eigenvalue weighted by atomic mass is 35.5. The van der Waals surface area contributed by atoms with E-state index in [1.165, 1.54) is 43.9 Å². The molecule has 3 aromatic rings. The van der Waals surface area contributed by atoms with Gasteiger partial charge in [-0.25, -0.2) is 9.18 Å². The predicted molar refractivity (Wildman–Crippen MR) is 146 cm³/mol. The second-order valence-electron chi connectivity index (χ2n) is 9.81. The van der Waals surface area contributed by atoms with Crippen molar-refractivity contribution in [2.24, 2.45) is 0 Å². The molecule has 1 aliphatic heterocycles. The molecule has 3 N–H and O–H groups in total. The van der Waals surface area contributed by atoms with Crippen molar-refractivity contribution in [3.63, 3.8) is 0 Å². The number of halogens is 2. The Hall–Kier alpha value is -3.09. The van der Waals surface area contributed by atoms with E-state index in [9.17, 15) is 9.18 Å². The zero-order chi connectivity index (χ0) is 25.1. The van der Waals surface area contributed by atoms with Crippen molar-refractivity contribution in [1.82, 2.24) is 4.90 Å². The van der Waals surface area contributed by atoms with Crippen LogP contribution in [0, 0.1) is 5.82 Å². The normalized spacial score (nSPS) is 17.3. The van der Waals surface area contributed by atoms with Gasteiger partial charge >= 0.3 is 6.03 Å². The largest absolute Gasteiger partial charge is 0.399 e. The molecule has 2 amide bonds. The number of nitrogens with one attached hydrogen (secondary N) is 1. The molecule has 7 heteroatoms. The van der Waals surface area contributed by atoms with Crippen LogP contribution in [-0.4, -0.2) is 36.1 Å². The van der Waals surface area contributed by atoms with E-state index < -0.39 is 5.82 Å². The third-order valence-corrected chi connectivity index (χ3v) is 7.75. The molecule has 0 aromatic heterocycles. The fourth-order valence-corrected chi connectivity index (χ4v) is 5.74. The van der Waals surface area contributed by atoms with Crippen molar-refractivity contribution in [2.75, 3.05) is 29.0 Å². The molecule has 1 heterocycles. The quantitative estimate of drug-likeness (QED) is 0.360. The van der Waals surface area contributed by atoms with Crippen LogP contribution in [0.5, 0.6) is 0 Å². The summed E-state index contributed by atoms with van der Waals surface area (Å²) in [6.07, 6.45) is 7.02. The van der Waals surface area contributed by atoms with Crippen LogP contribution in [0.25, 0.3) is 11.1 Å². The van der Waals surface area contributed by atoms with Gasteiger partial charge in [0, 0.05) is 42.2 Å². The Kier molecular flexibility index (Phi) is 7.44. The number of carbonyl (C=O) groups is 1. The number of rotatable bonds is 5. The minimum atomic E-state index is -0.511. The fourth-order valence-electron chi connectivity index (χ4n) is 5.56. The average Bonchev–Trinajstić information content (AvgIpc) is 3.42. The van der Waals surface area contributed by atoms with E-state index in [0.29, 0.717) is 17.4 Å². The minimum Gasteiger partial charge on any atom is -0.399 e. The fraction of sp³-hybridized carbons (Fsp3) is 0.345. The van der Waals surface area contributed by atoms with Gasteiger partial charge in [-0.15, -0.1) is 0 Å². The number of urea groups is 1. The third kappa shape index (κ3) is 5.50. The number of hydrogen-bond acceptors (Lipinski definition) is 3. The van der Waals surface area contributed by atoms with E-state index in [-0.39, 0.29) is 17.1 Å². The summed E-state index contributed by atoms with van der Waals surface area (Å²) in [5.41, 5.74) is 10.0. The molecule has 188 valence electrons. The van der Waals surface area contributed by atoms with Crippen molar-refractivity contribution in [3.8, 4) is 11.1 Å². The first-order valence-corrected chi connectivity index (χ1v) is 13.1. The first-order chi connectivity index (χ1) is 17.5. The number of amides is 2. The highest BCUT2D eigenvalue weighted by molar-refractivity contribution is 6.31. The SMILES string of the molecule is Nc1cccc(-c2ccc(N(C(=O)Nc3ccc(F)c(Cl)c3)C3CCN(C4CCCC4)CC3)cc2)c1. The van der Waals surface area contributed by atoms with E-state index in [2.05, 4.69) is 10.2 Å². The maximum absolute atomic E-state index is 13.7. The topological polar surface area (TPSA) is 61.6 Å². The molecule has 3 aromatic carbocycles. The van der Waals surface area contributed by atoms with Gasteiger partial charge in [0.2, 0.25) is 0 Å². The Morgan fingerprint density at radius 3 is 2.33 bits per heavy atom. The lowest BCUT2D eigenvalue weighted by Crippen LogP contribution is -2.50. The summed E-state index contributed by atoms with van der Waals surface area (Å²) in [5.74, 6) is -0.511. The van der Waals surface area contributed by atoms with Gasteiger partial charge in [-0.1, -0.05) is 48.7 Å². The Labute approximate surface area is 217 Å². The highest BCUT2D eigenvalue weighted by Gasteiger charge is 2.32. The van der Waals surface area contributed by atoms with Gasteiger partial charge in [0.15, 0.2) is 0 Å². The Balaban J connectivity index is 1.38. The van der Waals surface area contributed by atoms with E-state index in [0.717, 1.165) is 42.7 Å². The van der Waals surface area contributed by atoms with Crippen LogP contribution in [-0.2, 0) is 0 Å². The van der Waals surface area contributed by atoms with E-state index in [4.69, 9.17) is 17.3 Å². The lowest BCUT2D eigenvalue weighted by molar-refractivity contribution is 0.153. The van der Waals surface area contributed by atoms with Gasteiger partial charge in [-0.2, -0.15) is 0 Å². The first kappa shape index (κ1) is 24.6. The molecular formula is C29H32ClFN4O. The summed E-state index contributed by atoms with van der Waals surface area (Å²) < 4.78 is 13.7. The van der Waals surface area contributed by atoms with Crippen molar-refractivity contribution >= 4 is 34.7 Å². The molecular weight excluding hydrogens is 475 g/mol. The number of anilines is 3. The molecule has 0 unspecified atom stereocenters. The lowest BCUT2D eigenvalue weighted by atomic mass is 9.99. The molecule has 0 radical (unpaired) electrons. The van der Waals surface area contributed by atoms with Gasteiger partial charge in [-0.05, 0) is 79.3 Å². The van der Waals surface area contributed by atoms with Crippen LogP contribution in [0.2, 0.25) is 5.02 Å². The van der Waals surface area contributed by atoms with E-state index in [1.807, 2.05) is 53.4 Å². The Morgan fingerprint density at radius 1 is 0.944 bits per heavy atom. The molecule has 36 heavy (non-hydrogen) atoms. The third-order valence-electron chi connectivity index (χ3n) is 7.46. The van der Waals surface area contributed by atoms with Crippen molar-refractivity contribution in [3.05, 3.63) is 77.6 Å². The summed E-state index contributed by atoms with van der Waals surface area (Å²) >= 11 is 5.95. The summed E-state index contributed by atoms with van der Waals surface area (Å²) in [6.45, 7) is 1.98. The number of nitrogen functional groups attached to an aromatic ring is 1.